The van der Waals surface area contributed by atoms with Crippen molar-refractivity contribution < 1.29 is 26.3 Å². The Morgan fingerprint density at radius 3 is 1.97 bits per heavy atom. The highest BCUT2D eigenvalue weighted by Gasteiger charge is 2.33. The molecule has 1 aromatic carbocycles. The van der Waals surface area contributed by atoms with Crippen LogP contribution in [0.25, 0.3) is 0 Å². The minimum Gasteiger partial charge on any atom is -0.306 e. The topological polar surface area (TPSA) is 41.4 Å². The Morgan fingerprint density at radius 2 is 1.40 bits per heavy atom. The quantitative estimate of drug-likeness (QED) is 0.504. The first kappa shape index (κ1) is 19.9. The van der Waals surface area contributed by atoms with Crippen LogP contribution in [0.5, 0.6) is 0 Å². The van der Waals surface area contributed by atoms with Gasteiger partial charge in [-0.1, -0.05) is 24.3 Å². The number of benzene rings is 1. The molecule has 30 heavy (non-hydrogen) atoms. The molecule has 3 heterocycles. The monoisotopic (exact) mass is 422 g/mol. The van der Waals surface area contributed by atoms with Crippen molar-refractivity contribution >= 4 is 17.5 Å². The van der Waals surface area contributed by atoms with Gasteiger partial charge >= 0.3 is 12.4 Å². The van der Waals surface area contributed by atoms with Gasteiger partial charge in [0.1, 0.15) is 11.7 Å². The lowest BCUT2D eigenvalue weighted by molar-refractivity contribution is -0.138. The molecule has 4 nitrogen and oxygen atoms in total. The van der Waals surface area contributed by atoms with Crippen LogP contribution < -0.4 is 4.90 Å². The van der Waals surface area contributed by atoms with Gasteiger partial charge < -0.3 is 4.90 Å². The molecule has 0 spiro atoms. The number of halogens is 6. The summed E-state index contributed by atoms with van der Waals surface area (Å²) in [6.45, 7) is 0.300. The lowest BCUT2D eigenvalue weighted by Crippen LogP contribution is -2.25. The summed E-state index contributed by atoms with van der Waals surface area (Å²) >= 11 is 0. The third-order valence-corrected chi connectivity index (χ3v) is 4.49. The van der Waals surface area contributed by atoms with Crippen molar-refractivity contribution in [3.8, 4) is 0 Å². The van der Waals surface area contributed by atoms with Crippen LogP contribution >= 0.6 is 0 Å². The van der Waals surface area contributed by atoms with E-state index in [9.17, 15) is 26.3 Å². The van der Waals surface area contributed by atoms with Gasteiger partial charge in [-0.25, -0.2) is 15.0 Å². The van der Waals surface area contributed by atoms with Crippen molar-refractivity contribution in [2.24, 2.45) is 4.99 Å². The average molecular weight is 422 g/mol. The molecule has 0 fully saturated rings. The third-order valence-electron chi connectivity index (χ3n) is 4.49. The Balaban J connectivity index is 1.73. The minimum absolute atomic E-state index is 0.0339. The molecule has 4 rings (SSSR count). The number of aliphatic imine (C=N–C) groups is 1. The van der Waals surface area contributed by atoms with Crippen LogP contribution in [0.3, 0.4) is 0 Å². The SMILES string of the molecule is FC(F)(F)c1ccc(/N=C2/c3ccccc3CN2c2ccc(C(F)(F)F)cn2)nc1. The molecule has 3 aromatic rings. The van der Waals surface area contributed by atoms with E-state index in [0.29, 0.717) is 24.1 Å². The van der Waals surface area contributed by atoms with Crippen molar-refractivity contribution in [3.05, 3.63) is 83.2 Å². The van der Waals surface area contributed by atoms with Gasteiger partial charge in [-0.2, -0.15) is 26.3 Å². The Bertz CT molecular complexity index is 1090. The van der Waals surface area contributed by atoms with Gasteiger partial charge in [0.05, 0.1) is 17.7 Å². The molecule has 0 saturated heterocycles. The summed E-state index contributed by atoms with van der Waals surface area (Å²) in [5, 5.41) is 0. The summed E-state index contributed by atoms with van der Waals surface area (Å²) in [7, 11) is 0. The lowest BCUT2D eigenvalue weighted by atomic mass is 10.1. The van der Waals surface area contributed by atoms with Gasteiger partial charge in [-0.3, -0.25) is 0 Å². The van der Waals surface area contributed by atoms with Crippen LogP contribution in [0.4, 0.5) is 38.0 Å². The number of rotatable bonds is 2. The number of alkyl halides is 6. The van der Waals surface area contributed by atoms with Crippen molar-refractivity contribution in [2.75, 3.05) is 4.90 Å². The molecule has 0 aliphatic carbocycles. The fourth-order valence-corrected chi connectivity index (χ4v) is 3.02. The summed E-state index contributed by atoms with van der Waals surface area (Å²) in [5.74, 6) is 0.599. The fourth-order valence-electron chi connectivity index (χ4n) is 3.02. The molecular weight excluding hydrogens is 410 g/mol. The number of amidine groups is 1. The van der Waals surface area contributed by atoms with E-state index in [1.165, 1.54) is 6.07 Å². The second-order valence-corrected chi connectivity index (χ2v) is 6.48. The Kier molecular flexibility index (Phi) is 4.71. The highest BCUT2D eigenvalue weighted by atomic mass is 19.4. The molecule has 2 aromatic heterocycles. The summed E-state index contributed by atoms with van der Waals surface area (Å²) in [5.41, 5.74) is -0.240. The number of hydrogen-bond acceptors (Lipinski definition) is 3. The molecule has 0 atom stereocenters. The van der Waals surface area contributed by atoms with E-state index in [1.807, 2.05) is 6.07 Å². The molecular formula is C20H12F6N4. The van der Waals surface area contributed by atoms with Gasteiger partial charge in [-0.15, -0.1) is 0 Å². The maximum atomic E-state index is 12.8. The molecule has 0 saturated carbocycles. The van der Waals surface area contributed by atoms with E-state index in [1.54, 1.807) is 23.1 Å². The Labute approximate surface area is 166 Å². The Morgan fingerprint density at radius 1 is 0.767 bits per heavy atom. The molecule has 0 bridgehead atoms. The van der Waals surface area contributed by atoms with Gasteiger partial charge in [0.25, 0.3) is 0 Å². The van der Waals surface area contributed by atoms with Crippen LogP contribution in [0, 0.1) is 0 Å². The molecule has 0 amide bonds. The van der Waals surface area contributed by atoms with Crippen molar-refractivity contribution in [2.45, 2.75) is 18.9 Å². The highest BCUT2D eigenvalue weighted by Crippen LogP contribution is 2.33. The standard InChI is InChI=1S/C20H12F6N4/c21-19(22,23)13-5-7-16(27-9-13)29-18-15-4-2-1-3-12(15)11-30(18)17-8-6-14(10-28-17)20(24,25)26/h1-10H,11H2/b29-18-. The number of pyridine rings is 2. The van der Waals surface area contributed by atoms with Crippen molar-refractivity contribution in [1.82, 2.24) is 9.97 Å². The van der Waals surface area contributed by atoms with Crippen LogP contribution in [0.1, 0.15) is 22.3 Å². The van der Waals surface area contributed by atoms with Crippen LogP contribution in [-0.2, 0) is 18.9 Å². The summed E-state index contributed by atoms with van der Waals surface area (Å²) in [6.07, 6.45) is -7.62. The third kappa shape index (κ3) is 3.85. The molecule has 1 aliphatic heterocycles. The molecule has 0 N–H and O–H groups in total. The molecule has 0 radical (unpaired) electrons. The number of hydrogen-bond donors (Lipinski definition) is 0. The zero-order chi connectivity index (χ0) is 21.5. The predicted molar refractivity (Wildman–Crippen MR) is 97.3 cm³/mol. The van der Waals surface area contributed by atoms with E-state index in [4.69, 9.17) is 0 Å². The summed E-state index contributed by atoms with van der Waals surface area (Å²) in [6, 6.07) is 11.3. The normalized spacial score (nSPS) is 15.5. The predicted octanol–water partition coefficient (Wildman–Crippen LogP) is 5.61. The van der Waals surface area contributed by atoms with Crippen molar-refractivity contribution in [3.63, 3.8) is 0 Å². The lowest BCUT2D eigenvalue weighted by Gasteiger charge is -2.18. The zero-order valence-electron chi connectivity index (χ0n) is 15.0. The van der Waals surface area contributed by atoms with E-state index < -0.39 is 23.5 Å². The van der Waals surface area contributed by atoms with Crippen LogP contribution in [-0.4, -0.2) is 15.8 Å². The maximum Gasteiger partial charge on any atom is 0.417 e. The van der Waals surface area contributed by atoms with Gasteiger partial charge in [0.2, 0.25) is 0 Å². The van der Waals surface area contributed by atoms with Gasteiger partial charge in [-0.05, 0) is 29.8 Å². The maximum absolute atomic E-state index is 12.8. The number of nitrogens with zero attached hydrogens (tertiary/aromatic N) is 4. The Hall–Kier alpha value is -3.43. The molecule has 1 aliphatic rings. The van der Waals surface area contributed by atoms with E-state index in [0.717, 1.165) is 30.0 Å². The number of fused-ring (bicyclic) bond motifs is 1. The largest absolute Gasteiger partial charge is 0.417 e. The smallest absolute Gasteiger partial charge is 0.306 e. The summed E-state index contributed by atoms with van der Waals surface area (Å²) < 4.78 is 76.7. The zero-order valence-corrected chi connectivity index (χ0v) is 15.0. The van der Waals surface area contributed by atoms with Crippen LogP contribution in [0.15, 0.2) is 65.9 Å². The first-order valence-corrected chi connectivity index (χ1v) is 8.64. The number of aromatic nitrogens is 2. The first-order valence-electron chi connectivity index (χ1n) is 8.64. The highest BCUT2D eigenvalue weighted by molar-refractivity contribution is 6.14. The van der Waals surface area contributed by atoms with Gasteiger partial charge in [0.15, 0.2) is 5.82 Å². The second kappa shape index (κ2) is 7.12. The molecule has 154 valence electrons. The minimum atomic E-state index is -4.52. The van der Waals surface area contributed by atoms with E-state index >= 15 is 0 Å². The fraction of sp³-hybridized carbons (Fsp3) is 0.150. The molecule has 0 unspecified atom stereocenters. The summed E-state index contributed by atoms with van der Waals surface area (Å²) in [4.78, 5) is 13.6. The van der Waals surface area contributed by atoms with Crippen LogP contribution in [0.2, 0.25) is 0 Å². The van der Waals surface area contributed by atoms with Crippen molar-refractivity contribution in [1.29, 1.82) is 0 Å². The second-order valence-electron chi connectivity index (χ2n) is 6.48. The van der Waals surface area contributed by atoms with E-state index in [-0.39, 0.29) is 11.6 Å². The molecule has 10 heteroatoms. The first-order chi connectivity index (χ1) is 14.1. The number of anilines is 1. The average Bonchev–Trinajstić information content (AvgIpc) is 3.06. The van der Waals surface area contributed by atoms with E-state index in [2.05, 4.69) is 15.0 Å². The van der Waals surface area contributed by atoms with Gasteiger partial charge in [0, 0.05) is 18.0 Å².